The molecule has 0 spiro atoms. The van der Waals surface area contributed by atoms with Crippen LogP contribution in [0, 0.1) is 5.82 Å². The zero-order chi connectivity index (χ0) is 32.4. The Bertz CT molecular complexity index is 2070. The summed E-state index contributed by atoms with van der Waals surface area (Å²) in [6.45, 7) is -0.216. The second-order valence-electron chi connectivity index (χ2n) is 9.77. The highest BCUT2D eigenvalue weighted by molar-refractivity contribution is 6.00. The van der Waals surface area contributed by atoms with Gasteiger partial charge in [0, 0.05) is 30.8 Å². The number of carbonyl (C=O) groups excluding carboxylic acids is 3. The van der Waals surface area contributed by atoms with Crippen molar-refractivity contribution in [3.63, 3.8) is 0 Å². The van der Waals surface area contributed by atoms with Crippen molar-refractivity contribution in [3.05, 3.63) is 121 Å². The first-order valence-electron chi connectivity index (χ1n) is 13.1. The average molecular weight is 615 g/mol. The van der Waals surface area contributed by atoms with Crippen LogP contribution in [-0.2, 0) is 17.9 Å². The van der Waals surface area contributed by atoms with Crippen LogP contribution in [0.3, 0.4) is 0 Å². The molecule has 0 saturated heterocycles. The lowest BCUT2D eigenvalue weighted by Crippen LogP contribution is -2.38. The van der Waals surface area contributed by atoms with E-state index in [9.17, 15) is 33.2 Å². The van der Waals surface area contributed by atoms with Crippen molar-refractivity contribution in [2.75, 3.05) is 11.1 Å². The first-order valence-corrected chi connectivity index (χ1v) is 13.1. The second kappa shape index (κ2) is 12.0. The number of primary amides is 1. The number of halogens is 1. The van der Waals surface area contributed by atoms with Gasteiger partial charge in [0.05, 0.1) is 11.8 Å². The van der Waals surface area contributed by atoms with Crippen molar-refractivity contribution in [2.24, 2.45) is 5.73 Å². The molecule has 2 heterocycles. The van der Waals surface area contributed by atoms with E-state index in [2.05, 4.69) is 26.0 Å². The van der Waals surface area contributed by atoms with Crippen LogP contribution in [0.5, 0.6) is 0 Å². The maximum atomic E-state index is 14.4. The van der Waals surface area contributed by atoms with E-state index in [0.717, 1.165) is 6.07 Å². The van der Waals surface area contributed by atoms with E-state index in [1.807, 2.05) is 0 Å². The largest absolute Gasteiger partial charge is 0.478 e. The fourth-order valence-electron chi connectivity index (χ4n) is 4.45. The monoisotopic (exact) mass is 614 g/mol. The number of benzene rings is 2. The minimum atomic E-state index is -1.33. The number of nitrogens with one attached hydrogen (secondary N) is 3. The van der Waals surface area contributed by atoms with Crippen LogP contribution in [0.4, 0.5) is 15.8 Å². The molecule has 3 aromatic carbocycles. The summed E-state index contributed by atoms with van der Waals surface area (Å²) in [5, 5.41) is 20.9. The summed E-state index contributed by atoms with van der Waals surface area (Å²) in [5.41, 5.74) is 9.72. The minimum Gasteiger partial charge on any atom is -0.478 e. The minimum absolute atomic E-state index is 0.0315. The highest BCUT2D eigenvalue weighted by Crippen LogP contribution is 2.18. The van der Waals surface area contributed by atoms with Crippen LogP contribution < -0.4 is 38.3 Å². The zero-order valence-electron chi connectivity index (χ0n) is 23.0. The predicted octanol–water partition coefficient (Wildman–Crippen LogP) is 0.243. The molecule has 2 aromatic heterocycles. The molecule has 228 valence electrons. The lowest BCUT2D eigenvalue weighted by molar-refractivity contribution is -0.120. The summed E-state index contributed by atoms with van der Waals surface area (Å²) in [5.74, 6) is -4.21. The summed E-state index contributed by atoms with van der Waals surface area (Å²) in [6.07, 6.45) is 1.36. The number of anilines is 2. The third kappa shape index (κ3) is 6.05. The van der Waals surface area contributed by atoms with Crippen LogP contribution >= 0.6 is 0 Å². The molecular formula is C29H23FN8O7. The number of fused-ring (bicyclic) bond motifs is 1. The van der Waals surface area contributed by atoms with E-state index in [1.54, 1.807) is 0 Å². The molecule has 5 aromatic rings. The van der Waals surface area contributed by atoms with Gasteiger partial charge >= 0.3 is 5.97 Å². The van der Waals surface area contributed by atoms with Crippen molar-refractivity contribution in [1.82, 2.24) is 25.2 Å². The molecule has 0 radical (unpaired) electrons. The molecular weight excluding hydrogens is 591 g/mol. The van der Waals surface area contributed by atoms with Gasteiger partial charge in [0.25, 0.3) is 22.7 Å². The molecule has 5 rings (SSSR count). The number of hydrogen-bond acceptors (Lipinski definition) is 10. The molecule has 0 aliphatic carbocycles. The van der Waals surface area contributed by atoms with Crippen LogP contribution in [0.1, 0.15) is 54.1 Å². The van der Waals surface area contributed by atoms with Crippen molar-refractivity contribution in [2.45, 2.75) is 19.1 Å². The van der Waals surface area contributed by atoms with E-state index < -0.39 is 46.4 Å². The lowest BCUT2D eigenvalue weighted by atomic mass is 10.0. The fourth-order valence-corrected chi connectivity index (χ4v) is 4.45. The Hall–Kier alpha value is -6.45. The number of carboxylic acids is 1. The summed E-state index contributed by atoms with van der Waals surface area (Å²) in [4.78, 5) is 76.8. The Labute approximate surface area is 251 Å². The van der Waals surface area contributed by atoms with Crippen molar-refractivity contribution in [3.8, 4) is 0 Å². The van der Waals surface area contributed by atoms with Crippen molar-refractivity contribution in [1.29, 1.82) is 0 Å². The highest BCUT2D eigenvalue weighted by Gasteiger charge is 2.24. The number of hydrogen-bond donors (Lipinski definition) is 6. The molecule has 8 N–H and O–H groups in total. The third-order valence-electron chi connectivity index (χ3n) is 6.84. The molecule has 3 amide bonds. The average Bonchev–Trinajstić information content (AvgIpc) is 3.51. The maximum absolute atomic E-state index is 14.4. The number of nitrogens with two attached hydrogens (primary N) is 2. The Balaban J connectivity index is 1.32. The van der Waals surface area contributed by atoms with Crippen molar-refractivity contribution < 1.29 is 28.7 Å². The Morgan fingerprint density at radius 3 is 2.36 bits per heavy atom. The molecule has 0 aliphatic heterocycles. The molecule has 15 nitrogen and oxygen atoms in total. The Kier molecular flexibility index (Phi) is 8.03. The number of aromatic carboxylic acids is 1. The molecule has 0 unspecified atom stereocenters. The van der Waals surface area contributed by atoms with Gasteiger partial charge in [-0.05, 0) is 35.4 Å². The normalized spacial score (nSPS) is 11.7. The SMILES string of the molecule is NC(=O)[C@H](NC(=O)c1cc(C(=O)NCc2ccc(F)c(CNc3c(N)c(=O)c3=O)c2)n2nccc2n1)c1ccc(C(=O)O)cc1. The van der Waals surface area contributed by atoms with Crippen LogP contribution in [0.25, 0.3) is 5.65 Å². The van der Waals surface area contributed by atoms with Gasteiger partial charge < -0.3 is 32.5 Å². The molecule has 1 atom stereocenters. The third-order valence-corrected chi connectivity index (χ3v) is 6.84. The maximum Gasteiger partial charge on any atom is 0.335 e. The van der Waals surface area contributed by atoms with Crippen LogP contribution in [0.2, 0.25) is 0 Å². The second-order valence-corrected chi connectivity index (χ2v) is 9.77. The van der Waals surface area contributed by atoms with E-state index in [-0.39, 0.29) is 58.2 Å². The fraction of sp³-hybridized carbons (Fsp3) is 0.103. The summed E-state index contributed by atoms with van der Waals surface area (Å²) in [6, 6.07) is 10.5. The molecule has 0 aliphatic rings. The van der Waals surface area contributed by atoms with Crippen LogP contribution in [-0.4, -0.2) is 43.4 Å². The number of rotatable bonds is 11. The van der Waals surface area contributed by atoms with Gasteiger partial charge in [-0.25, -0.2) is 18.7 Å². The van der Waals surface area contributed by atoms with E-state index in [0.29, 0.717) is 5.56 Å². The van der Waals surface area contributed by atoms with Crippen LogP contribution in [0.15, 0.2) is 70.4 Å². The predicted molar refractivity (Wildman–Crippen MR) is 156 cm³/mol. The standard InChI is InChI=1S/C29H23FN8O7/c30-17-6-1-13(9-16(17)12-33-23-21(31)24(39)25(23)40)11-34-28(43)19-10-18(36-20-7-8-35-38(19)20)27(42)37-22(26(32)41)14-2-4-15(5-3-14)29(44)45/h1-10,22,33H,11-12,31H2,(H2,32,41)(H,34,43)(H,37,42)(H,44,45)/t22-/m1/s1. The van der Waals surface area contributed by atoms with E-state index >= 15 is 0 Å². The van der Waals surface area contributed by atoms with Gasteiger partial charge in [-0.1, -0.05) is 18.2 Å². The molecule has 16 heteroatoms. The molecule has 0 fully saturated rings. The lowest BCUT2D eigenvalue weighted by Gasteiger charge is -2.16. The first kappa shape index (κ1) is 30.0. The van der Waals surface area contributed by atoms with E-state index in [1.165, 1.54) is 59.2 Å². The number of carbonyl (C=O) groups is 4. The smallest absolute Gasteiger partial charge is 0.335 e. The van der Waals surface area contributed by atoms with Gasteiger partial charge in [0.15, 0.2) is 5.65 Å². The Morgan fingerprint density at radius 2 is 1.69 bits per heavy atom. The van der Waals surface area contributed by atoms with Gasteiger partial charge in [-0.15, -0.1) is 0 Å². The number of aromatic nitrogens is 3. The summed E-state index contributed by atoms with van der Waals surface area (Å²) >= 11 is 0. The molecule has 0 saturated carbocycles. The zero-order valence-corrected chi connectivity index (χ0v) is 23.0. The quantitative estimate of drug-likeness (QED) is 0.110. The number of carboxylic acid groups (broad SMARTS) is 1. The van der Waals surface area contributed by atoms with Gasteiger partial charge in [0.1, 0.15) is 34.6 Å². The van der Waals surface area contributed by atoms with Gasteiger partial charge in [0.2, 0.25) is 5.91 Å². The number of nitrogens with zero attached hydrogens (tertiary/aromatic N) is 3. The van der Waals surface area contributed by atoms with Crippen molar-refractivity contribution >= 4 is 40.7 Å². The van der Waals surface area contributed by atoms with Gasteiger partial charge in [-0.2, -0.15) is 5.10 Å². The van der Waals surface area contributed by atoms with E-state index in [4.69, 9.17) is 16.6 Å². The summed E-state index contributed by atoms with van der Waals surface area (Å²) in [7, 11) is 0. The van der Waals surface area contributed by atoms with Gasteiger partial charge in [-0.3, -0.25) is 24.0 Å². The number of amides is 3. The number of nitrogen functional groups attached to an aromatic ring is 1. The topological polar surface area (TPSA) is 241 Å². The Morgan fingerprint density at radius 1 is 0.956 bits per heavy atom. The molecule has 45 heavy (non-hydrogen) atoms. The highest BCUT2D eigenvalue weighted by atomic mass is 19.1. The summed E-state index contributed by atoms with van der Waals surface area (Å²) < 4.78 is 15.6. The first-order chi connectivity index (χ1) is 21.4. The molecule has 0 bridgehead atoms.